The van der Waals surface area contributed by atoms with E-state index >= 15 is 0 Å². The molecule has 3 rings (SSSR count). The third-order valence-corrected chi connectivity index (χ3v) is 7.08. The highest BCUT2D eigenvalue weighted by Gasteiger charge is 2.24. The Hall–Kier alpha value is -2.07. The van der Waals surface area contributed by atoms with Crippen LogP contribution in [-0.2, 0) is 16.6 Å². The van der Waals surface area contributed by atoms with Crippen molar-refractivity contribution in [2.24, 2.45) is 0 Å². The van der Waals surface area contributed by atoms with E-state index in [4.69, 9.17) is 0 Å². The van der Waals surface area contributed by atoms with Gasteiger partial charge in [-0.1, -0.05) is 18.2 Å². The largest absolute Gasteiger partial charge is 0.347 e. The Bertz CT molecular complexity index is 1070. The molecular formula is C19H21N3O3S3. The predicted octanol–water partition coefficient (Wildman–Crippen LogP) is 3.88. The summed E-state index contributed by atoms with van der Waals surface area (Å²) in [5.74, 6) is -0.339. The van der Waals surface area contributed by atoms with Crippen molar-refractivity contribution in [1.29, 1.82) is 0 Å². The number of nitrogens with zero attached hydrogens (tertiary/aromatic N) is 1. The van der Waals surface area contributed by atoms with E-state index in [1.54, 1.807) is 55.7 Å². The molecular weight excluding hydrogens is 414 g/mol. The standard InChI is InChI=1S/C19H21N3O3S3/c1-19(2,3)22-28(24,25)16-7-5-4-6-13(16)10-20-17(23)15-12-27-18(21-15)14-8-9-26-11-14/h4-9,11-12,22H,10H2,1-3H3,(H,20,23). The van der Waals surface area contributed by atoms with Crippen LogP contribution in [0.25, 0.3) is 10.6 Å². The maximum Gasteiger partial charge on any atom is 0.271 e. The molecule has 148 valence electrons. The molecule has 1 aromatic carbocycles. The number of carbonyl (C=O) groups is 1. The average molecular weight is 436 g/mol. The fourth-order valence-electron chi connectivity index (χ4n) is 2.53. The summed E-state index contributed by atoms with van der Waals surface area (Å²) in [4.78, 5) is 17.0. The van der Waals surface area contributed by atoms with Gasteiger partial charge in [-0.3, -0.25) is 4.79 Å². The lowest BCUT2D eigenvalue weighted by Crippen LogP contribution is -2.41. The van der Waals surface area contributed by atoms with Crippen LogP contribution in [0.15, 0.2) is 51.4 Å². The van der Waals surface area contributed by atoms with Crippen molar-refractivity contribution in [3.05, 3.63) is 57.7 Å². The van der Waals surface area contributed by atoms with Crippen LogP contribution in [0.1, 0.15) is 36.8 Å². The SMILES string of the molecule is CC(C)(C)NS(=O)(=O)c1ccccc1CNC(=O)c1csc(-c2ccsc2)n1. The monoisotopic (exact) mass is 435 g/mol. The van der Waals surface area contributed by atoms with E-state index in [0.29, 0.717) is 11.3 Å². The van der Waals surface area contributed by atoms with Crippen molar-refractivity contribution in [3.63, 3.8) is 0 Å². The molecule has 0 aliphatic heterocycles. The molecule has 28 heavy (non-hydrogen) atoms. The number of sulfonamides is 1. The lowest BCUT2D eigenvalue weighted by Gasteiger charge is -2.21. The fourth-order valence-corrected chi connectivity index (χ4v) is 5.70. The first-order valence-corrected chi connectivity index (χ1v) is 11.8. The zero-order valence-electron chi connectivity index (χ0n) is 15.7. The van der Waals surface area contributed by atoms with Crippen LogP contribution in [0.3, 0.4) is 0 Å². The van der Waals surface area contributed by atoms with Crippen LogP contribution in [-0.4, -0.2) is 24.8 Å². The molecule has 9 heteroatoms. The van der Waals surface area contributed by atoms with Crippen LogP contribution in [0.5, 0.6) is 0 Å². The second-order valence-corrected chi connectivity index (χ2v) is 10.5. The second-order valence-electron chi connectivity index (χ2n) is 7.20. The number of hydrogen-bond acceptors (Lipinski definition) is 6. The first-order valence-electron chi connectivity index (χ1n) is 8.54. The van der Waals surface area contributed by atoms with Gasteiger partial charge in [0.2, 0.25) is 10.0 Å². The molecule has 0 atom stereocenters. The number of hydrogen-bond donors (Lipinski definition) is 2. The molecule has 0 aliphatic carbocycles. The molecule has 0 radical (unpaired) electrons. The molecule has 0 fully saturated rings. The lowest BCUT2D eigenvalue weighted by molar-refractivity contribution is 0.0946. The average Bonchev–Trinajstić information content (AvgIpc) is 3.28. The molecule has 0 saturated heterocycles. The van der Waals surface area contributed by atoms with Gasteiger partial charge in [0, 0.05) is 28.4 Å². The summed E-state index contributed by atoms with van der Waals surface area (Å²) in [5.41, 5.74) is 1.22. The van der Waals surface area contributed by atoms with Crippen molar-refractivity contribution in [3.8, 4) is 10.6 Å². The molecule has 2 heterocycles. The molecule has 2 aromatic heterocycles. The smallest absolute Gasteiger partial charge is 0.271 e. The van der Waals surface area contributed by atoms with Gasteiger partial charge in [0.15, 0.2) is 0 Å². The van der Waals surface area contributed by atoms with Crippen molar-refractivity contribution >= 4 is 38.6 Å². The Morgan fingerprint density at radius 2 is 1.89 bits per heavy atom. The van der Waals surface area contributed by atoms with E-state index in [-0.39, 0.29) is 17.3 Å². The van der Waals surface area contributed by atoms with Crippen LogP contribution in [0.2, 0.25) is 0 Å². The molecule has 0 spiro atoms. The quantitative estimate of drug-likeness (QED) is 0.615. The first-order chi connectivity index (χ1) is 13.2. The number of carbonyl (C=O) groups excluding carboxylic acids is 1. The summed E-state index contributed by atoms with van der Waals surface area (Å²) in [7, 11) is -3.70. The molecule has 3 aromatic rings. The van der Waals surface area contributed by atoms with Crippen molar-refractivity contribution in [2.45, 2.75) is 37.8 Å². The van der Waals surface area contributed by atoms with E-state index in [9.17, 15) is 13.2 Å². The Labute approximate surface area is 172 Å². The summed E-state index contributed by atoms with van der Waals surface area (Å²) in [5, 5.41) is 9.18. The highest BCUT2D eigenvalue weighted by molar-refractivity contribution is 7.89. The Kier molecular flexibility index (Phi) is 5.99. The highest BCUT2D eigenvalue weighted by Crippen LogP contribution is 2.25. The maximum absolute atomic E-state index is 12.7. The summed E-state index contributed by atoms with van der Waals surface area (Å²) in [6, 6.07) is 8.59. The van der Waals surface area contributed by atoms with Crippen molar-refractivity contribution in [1.82, 2.24) is 15.0 Å². The second kappa shape index (κ2) is 8.12. The summed E-state index contributed by atoms with van der Waals surface area (Å²) in [6.07, 6.45) is 0. The minimum Gasteiger partial charge on any atom is -0.347 e. The Balaban J connectivity index is 1.74. The zero-order chi connectivity index (χ0) is 20.4. The third kappa shape index (κ3) is 5.05. The van der Waals surface area contributed by atoms with E-state index in [1.807, 2.05) is 16.8 Å². The highest BCUT2D eigenvalue weighted by atomic mass is 32.2. The van der Waals surface area contributed by atoms with Crippen LogP contribution in [0, 0.1) is 0 Å². The number of amides is 1. The van der Waals surface area contributed by atoms with Crippen molar-refractivity contribution < 1.29 is 13.2 Å². The van der Waals surface area contributed by atoms with Gasteiger partial charge in [0.05, 0.1) is 4.90 Å². The summed E-state index contributed by atoms with van der Waals surface area (Å²) < 4.78 is 28.0. The van der Waals surface area contributed by atoms with Gasteiger partial charge < -0.3 is 5.32 Å². The van der Waals surface area contributed by atoms with Gasteiger partial charge in [-0.05, 0) is 43.8 Å². The van der Waals surface area contributed by atoms with E-state index in [1.165, 1.54) is 17.4 Å². The van der Waals surface area contributed by atoms with Gasteiger partial charge in [0.1, 0.15) is 10.7 Å². The van der Waals surface area contributed by atoms with Gasteiger partial charge in [-0.2, -0.15) is 11.3 Å². The number of aromatic nitrogens is 1. The Morgan fingerprint density at radius 3 is 2.57 bits per heavy atom. The zero-order valence-corrected chi connectivity index (χ0v) is 18.2. The van der Waals surface area contributed by atoms with Gasteiger partial charge in [-0.25, -0.2) is 18.1 Å². The molecule has 0 bridgehead atoms. The van der Waals surface area contributed by atoms with Gasteiger partial charge >= 0.3 is 0 Å². The Morgan fingerprint density at radius 1 is 1.14 bits per heavy atom. The lowest BCUT2D eigenvalue weighted by atomic mass is 10.1. The molecule has 2 N–H and O–H groups in total. The number of benzene rings is 1. The number of thiophene rings is 1. The number of nitrogens with one attached hydrogen (secondary N) is 2. The topological polar surface area (TPSA) is 88.2 Å². The molecule has 0 unspecified atom stereocenters. The van der Waals surface area contributed by atoms with Gasteiger partial charge in [0.25, 0.3) is 5.91 Å². The number of rotatable bonds is 6. The van der Waals surface area contributed by atoms with E-state index in [0.717, 1.165) is 10.6 Å². The molecule has 1 amide bonds. The van der Waals surface area contributed by atoms with Crippen LogP contribution < -0.4 is 10.0 Å². The number of thiazole rings is 1. The fraction of sp³-hybridized carbons (Fsp3) is 0.263. The molecule has 0 aliphatic rings. The predicted molar refractivity (Wildman–Crippen MR) is 113 cm³/mol. The van der Waals surface area contributed by atoms with Crippen molar-refractivity contribution in [2.75, 3.05) is 0 Å². The normalized spacial score (nSPS) is 12.1. The first kappa shape index (κ1) is 20.7. The van der Waals surface area contributed by atoms with E-state index in [2.05, 4.69) is 15.0 Å². The van der Waals surface area contributed by atoms with Crippen LogP contribution in [0.4, 0.5) is 0 Å². The van der Waals surface area contributed by atoms with E-state index < -0.39 is 15.6 Å². The van der Waals surface area contributed by atoms with Crippen LogP contribution >= 0.6 is 22.7 Å². The minimum absolute atomic E-state index is 0.0887. The summed E-state index contributed by atoms with van der Waals surface area (Å²) in [6.45, 7) is 5.43. The third-order valence-electron chi connectivity index (χ3n) is 3.65. The van der Waals surface area contributed by atoms with Gasteiger partial charge in [-0.15, -0.1) is 11.3 Å². The minimum atomic E-state index is -3.70. The molecule has 0 saturated carbocycles. The summed E-state index contributed by atoms with van der Waals surface area (Å²) >= 11 is 2.97. The maximum atomic E-state index is 12.7. The molecule has 6 nitrogen and oxygen atoms in total.